The molecule has 0 unspecified atom stereocenters. The molecule has 1 aliphatic heterocycles. The van der Waals surface area contributed by atoms with Crippen LogP contribution in [0.15, 0.2) is 70.3 Å². The van der Waals surface area contributed by atoms with Gasteiger partial charge < -0.3 is 14.8 Å². The van der Waals surface area contributed by atoms with Crippen molar-refractivity contribution in [2.24, 2.45) is 0 Å². The summed E-state index contributed by atoms with van der Waals surface area (Å²) in [4.78, 5) is 12.9. The zero-order valence-corrected chi connectivity index (χ0v) is 17.5. The van der Waals surface area contributed by atoms with Crippen molar-refractivity contribution < 1.29 is 22.7 Å². The van der Waals surface area contributed by atoms with Crippen molar-refractivity contribution in [2.75, 3.05) is 6.79 Å². The number of carbonyl (C=O) groups is 1. The fourth-order valence-corrected chi connectivity index (χ4v) is 5.27. The summed E-state index contributed by atoms with van der Waals surface area (Å²) in [6.45, 7) is 0.413. The lowest BCUT2D eigenvalue weighted by molar-refractivity contribution is -0.122. The first kappa shape index (κ1) is 20.4. The molecule has 0 spiro atoms. The number of carbonyl (C=O) groups excluding carboxylic acids is 1. The Morgan fingerprint density at radius 3 is 2.57 bits per heavy atom. The van der Waals surface area contributed by atoms with Crippen LogP contribution in [-0.2, 0) is 27.8 Å². The Hall–Kier alpha value is -2.88. The first-order valence-electron chi connectivity index (χ1n) is 9.27. The molecule has 1 aliphatic rings. The van der Waals surface area contributed by atoms with Crippen molar-refractivity contribution in [3.05, 3.63) is 77.2 Å². The lowest BCUT2D eigenvalue weighted by Gasteiger charge is -2.18. The van der Waals surface area contributed by atoms with Crippen LogP contribution in [0.5, 0.6) is 11.5 Å². The molecule has 2 heterocycles. The van der Waals surface area contributed by atoms with E-state index in [0.717, 1.165) is 22.5 Å². The van der Waals surface area contributed by atoms with Crippen LogP contribution in [0.1, 0.15) is 11.1 Å². The summed E-state index contributed by atoms with van der Waals surface area (Å²) in [6, 6.07) is 16.9. The molecule has 156 valence electrons. The second-order valence-corrected chi connectivity index (χ2v) is 9.59. The minimum Gasteiger partial charge on any atom is -0.454 e. The second-order valence-electron chi connectivity index (χ2n) is 6.70. The van der Waals surface area contributed by atoms with Gasteiger partial charge in [0, 0.05) is 6.54 Å². The largest absolute Gasteiger partial charge is 0.454 e. The third-order valence-corrected chi connectivity index (χ3v) is 7.43. The van der Waals surface area contributed by atoms with Crippen LogP contribution in [0, 0.1) is 0 Å². The van der Waals surface area contributed by atoms with Crippen LogP contribution in [0.4, 0.5) is 0 Å². The highest BCUT2D eigenvalue weighted by molar-refractivity contribution is 7.91. The van der Waals surface area contributed by atoms with E-state index in [-0.39, 0.29) is 24.0 Å². The van der Waals surface area contributed by atoms with Gasteiger partial charge in [-0.25, -0.2) is 8.42 Å². The van der Waals surface area contributed by atoms with Gasteiger partial charge in [0.2, 0.25) is 12.7 Å². The molecular weight excluding hydrogens is 424 g/mol. The van der Waals surface area contributed by atoms with Gasteiger partial charge in [-0.2, -0.15) is 4.72 Å². The van der Waals surface area contributed by atoms with Gasteiger partial charge in [0.05, 0.1) is 0 Å². The Morgan fingerprint density at radius 2 is 1.80 bits per heavy atom. The highest BCUT2D eigenvalue weighted by Gasteiger charge is 2.26. The van der Waals surface area contributed by atoms with Gasteiger partial charge in [0.25, 0.3) is 10.0 Å². The molecule has 2 aromatic carbocycles. The molecule has 2 N–H and O–H groups in total. The van der Waals surface area contributed by atoms with Crippen LogP contribution in [-0.4, -0.2) is 27.2 Å². The number of benzene rings is 2. The zero-order chi connectivity index (χ0) is 21.0. The van der Waals surface area contributed by atoms with Crippen molar-refractivity contribution in [1.82, 2.24) is 10.0 Å². The fraction of sp³-hybridized carbons (Fsp3) is 0.190. The van der Waals surface area contributed by atoms with E-state index in [1.807, 2.05) is 36.4 Å². The Kier molecular flexibility index (Phi) is 6.03. The number of nitrogens with one attached hydrogen (secondary N) is 2. The van der Waals surface area contributed by atoms with Crippen LogP contribution in [0.3, 0.4) is 0 Å². The maximum Gasteiger partial charge on any atom is 0.250 e. The number of hydrogen-bond acceptors (Lipinski definition) is 6. The molecule has 3 aromatic rings. The number of thiophene rings is 1. The van der Waals surface area contributed by atoms with Gasteiger partial charge in [0.1, 0.15) is 10.3 Å². The number of rotatable bonds is 8. The first-order valence-corrected chi connectivity index (χ1v) is 11.6. The van der Waals surface area contributed by atoms with E-state index in [1.165, 1.54) is 6.07 Å². The van der Waals surface area contributed by atoms with Gasteiger partial charge in [-0.05, 0) is 41.1 Å². The molecule has 1 aromatic heterocycles. The summed E-state index contributed by atoms with van der Waals surface area (Å²) < 4.78 is 38.7. The minimum absolute atomic E-state index is 0.170. The average molecular weight is 445 g/mol. The monoisotopic (exact) mass is 444 g/mol. The molecule has 1 amide bonds. The number of sulfonamides is 1. The van der Waals surface area contributed by atoms with Crippen molar-refractivity contribution in [3.8, 4) is 11.5 Å². The molecule has 0 saturated heterocycles. The van der Waals surface area contributed by atoms with Crippen LogP contribution < -0.4 is 19.5 Å². The smallest absolute Gasteiger partial charge is 0.250 e. The van der Waals surface area contributed by atoms with Crippen molar-refractivity contribution in [1.29, 1.82) is 0 Å². The van der Waals surface area contributed by atoms with E-state index in [0.29, 0.717) is 11.5 Å². The van der Waals surface area contributed by atoms with Crippen molar-refractivity contribution in [3.63, 3.8) is 0 Å². The van der Waals surface area contributed by atoms with E-state index in [4.69, 9.17) is 9.47 Å². The molecular formula is C21H20N2O5S2. The summed E-state index contributed by atoms with van der Waals surface area (Å²) in [6.07, 6.45) is 0.235. The van der Waals surface area contributed by atoms with E-state index in [1.54, 1.807) is 23.6 Å². The van der Waals surface area contributed by atoms with Crippen molar-refractivity contribution in [2.45, 2.75) is 23.2 Å². The van der Waals surface area contributed by atoms with Crippen molar-refractivity contribution >= 4 is 27.3 Å². The zero-order valence-electron chi connectivity index (χ0n) is 15.9. The van der Waals surface area contributed by atoms with Gasteiger partial charge in [0.15, 0.2) is 11.5 Å². The molecule has 0 bridgehead atoms. The summed E-state index contributed by atoms with van der Waals surface area (Å²) in [5.74, 6) is 0.883. The SMILES string of the molecule is O=C(NCc1ccc2c(c1)OCO2)[C@@H](Cc1ccccc1)NS(=O)(=O)c1cccs1. The normalized spacial score (nSPS) is 13.7. The maximum atomic E-state index is 12.9. The van der Waals surface area contributed by atoms with Crippen LogP contribution >= 0.6 is 11.3 Å². The third-order valence-electron chi connectivity index (χ3n) is 4.56. The van der Waals surface area contributed by atoms with E-state index < -0.39 is 22.0 Å². The van der Waals surface area contributed by atoms with Gasteiger partial charge in [-0.1, -0.05) is 42.5 Å². The Morgan fingerprint density at radius 1 is 1.00 bits per heavy atom. The third kappa shape index (κ3) is 4.81. The number of amides is 1. The summed E-state index contributed by atoms with van der Waals surface area (Å²) in [7, 11) is -3.80. The number of ether oxygens (including phenoxy) is 2. The topological polar surface area (TPSA) is 93.7 Å². The molecule has 30 heavy (non-hydrogen) atoms. The molecule has 4 rings (SSSR count). The van der Waals surface area contributed by atoms with E-state index >= 15 is 0 Å². The fourth-order valence-electron chi connectivity index (χ4n) is 3.06. The number of hydrogen-bond donors (Lipinski definition) is 2. The summed E-state index contributed by atoms with van der Waals surface area (Å²) >= 11 is 1.10. The van der Waals surface area contributed by atoms with E-state index in [9.17, 15) is 13.2 Å². The van der Waals surface area contributed by atoms with Crippen LogP contribution in [0.25, 0.3) is 0 Å². The molecule has 0 aliphatic carbocycles. The Balaban J connectivity index is 1.48. The molecule has 1 atom stereocenters. The molecule has 7 nitrogen and oxygen atoms in total. The number of fused-ring (bicyclic) bond motifs is 1. The lowest BCUT2D eigenvalue weighted by Crippen LogP contribution is -2.47. The predicted molar refractivity (Wildman–Crippen MR) is 113 cm³/mol. The Bertz CT molecular complexity index is 1120. The van der Waals surface area contributed by atoms with Gasteiger partial charge in [-0.3, -0.25) is 4.79 Å². The first-order chi connectivity index (χ1) is 14.5. The summed E-state index contributed by atoms with van der Waals surface area (Å²) in [5.41, 5.74) is 1.68. The standard InChI is InChI=1S/C21H20N2O5S2/c24-21(22-13-16-8-9-18-19(12-16)28-14-27-18)17(11-15-5-2-1-3-6-15)23-30(25,26)20-7-4-10-29-20/h1-10,12,17,23H,11,13-14H2,(H,22,24)/t17-/m1/s1. The van der Waals surface area contributed by atoms with E-state index in [2.05, 4.69) is 10.0 Å². The average Bonchev–Trinajstić information content (AvgIpc) is 3.44. The minimum atomic E-state index is -3.80. The highest BCUT2D eigenvalue weighted by Crippen LogP contribution is 2.32. The van der Waals surface area contributed by atoms with Gasteiger partial charge in [-0.15, -0.1) is 11.3 Å². The predicted octanol–water partition coefficient (Wildman–Crippen LogP) is 2.68. The molecule has 0 saturated carbocycles. The highest BCUT2D eigenvalue weighted by atomic mass is 32.2. The molecule has 0 radical (unpaired) electrons. The lowest BCUT2D eigenvalue weighted by atomic mass is 10.1. The summed E-state index contributed by atoms with van der Waals surface area (Å²) in [5, 5.41) is 4.50. The Labute approximate surface area is 178 Å². The maximum absolute atomic E-state index is 12.9. The molecule has 0 fully saturated rings. The van der Waals surface area contributed by atoms with Gasteiger partial charge >= 0.3 is 0 Å². The molecule has 9 heteroatoms. The van der Waals surface area contributed by atoms with Crippen LogP contribution in [0.2, 0.25) is 0 Å². The second kappa shape index (κ2) is 8.86. The quantitative estimate of drug-likeness (QED) is 0.557.